The lowest BCUT2D eigenvalue weighted by atomic mass is 10.3. The third kappa shape index (κ3) is 2.92. The van der Waals surface area contributed by atoms with E-state index in [9.17, 15) is 4.79 Å². The number of anilines is 1. The summed E-state index contributed by atoms with van der Waals surface area (Å²) in [5.74, 6) is 0.309. The molecule has 0 aliphatic heterocycles. The smallest absolute Gasteiger partial charge is 0.265 e. The molecule has 126 valence electrons. The number of rotatable bonds is 3. The number of pyridine rings is 2. The van der Waals surface area contributed by atoms with Gasteiger partial charge in [-0.25, -0.2) is 9.50 Å². The zero-order valence-electron chi connectivity index (χ0n) is 13.4. The summed E-state index contributed by atoms with van der Waals surface area (Å²) >= 11 is 7.20. The van der Waals surface area contributed by atoms with Gasteiger partial charge in [0.1, 0.15) is 9.98 Å². The van der Waals surface area contributed by atoms with Crippen LogP contribution in [0.3, 0.4) is 0 Å². The van der Waals surface area contributed by atoms with Crippen molar-refractivity contribution in [1.29, 1.82) is 0 Å². The maximum atomic E-state index is 12.6. The van der Waals surface area contributed by atoms with Crippen LogP contribution >= 0.6 is 22.9 Å². The standard InChI is InChI=1S/C17H13ClN4O2S/c1-9-5-11-7-12(13(24-2)8-22(11)21-9)19-16(23)14-6-10-3-4-15(18)20-17(10)25-14/h3-8H,1-2H3,(H,19,23). The van der Waals surface area contributed by atoms with Crippen molar-refractivity contribution in [1.82, 2.24) is 14.6 Å². The number of carbonyl (C=O) groups is 1. The highest BCUT2D eigenvalue weighted by Crippen LogP contribution is 2.29. The Morgan fingerprint density at radius 1 is 1.32 bits per heavy atom. The summed E-state index contributed by atoms with van der Waals surface area (Å²) in [6.07, 6.45) is 1.74. The van der Waals surface area contributed by atoms with Crippen molar-refractivity contribution in [3.05, 3.63) is 52.3 Å². The number of fused-ring (bicyclic) bond motifs is 2. The summed E-state index contributed by atoms with van der Waals surface area (Å²) in [5, 5.41) is 8.53. The van der Waals surface area contributed by atoms with Crippen LogP contribution in [0.4, 0.5) is 5.69 Å². The molecule has 4 rings (SSSR count). The van der Waals surface area contributed by atoms with Crippen LogP contribution in [0.15, 0.2) is 36.5 Å². The highest BCUT2D eigenvalue weighted by Gasteiger charge is 2.15. The second-order valence-electron chi connectivity index (χ2n) is 5.50. The highest BCUT2D eigenvalue weighted by atomic mass is 35.5. The summed E-state index contributed by atoms with van der Waals surface area (Å²) in [5.41, 5.74) is 2.35. The molecule has 0 spiro atoms. The Bertz CT molecular complexity index is 1120. The molecule has 0 atom stereocenters. The molecule has 8 heteroatoms. The van der Waals surface area contributed by atoms with Crippen LogP contribution in [0, 0.1) is 6.92 Å². The number of nitrogens with one attached hydrogen (secondary N) is 1. The van der Waals surface area contributed by atoms with Crippen molar-refractivity contribution >= 4 is 50.3 Å². The van der Waals surface area contributed by atoms with Crippen LogP contribution in [-0.2, 0) is 0 Å². The average Bonchev–Trinajstić information content (AvgIpc) is 3.15. The molecule has 0 aliphatic carbocycles. The molecule has 4 heterocycles. The SMILES string of the molecule is COc1cn2nc(C)cc2cc1NC(=O)c1cc2ccc(Cl)nc2s1. The molecular formula is C17H13ClN4O2S. The first-order valence-electron chi connectivity index (χ1n) is 7.45. The van der Waals surface area contributed by atoms with E-state index in [1.54, 1.807) is 30.0 Å². The van der Waals surface area contributed by atoms with E-state index in [1.807, 2.05) is 25.1 Å². The number of halogens is 1. The Kier molecular flexibility index (Phi) is 3.82. The molecule has 4 aromatic rings. The first kappa shape index (κ1) is 15.9. The fourth-order valence-corrected chi connectivity index (χ4v) is 3.72. The molecule has 0 radical (unpaired) electrons. The van der Waals surface area contributed by atoms with Gasteiger partial charge >= 0.3 is 0 Å². The van der Waals surface area contributed by atoms with Crippen molar-refractivity contribution in [3.63, 3.8) is 0 Å². The minimum atomic E-state index is -0.224. The van der Waals surface area contributed by atoms with E-state index in [0.29, 0.717) is 21.5 Å². The van der Waals surface area contributed by atoms with Crippen LogP contribution in [0.1, 0.15) is 15.4 Å². The summed E-state index contributed by atoms with van der Waals surface area (Å²) in [4.78, 5) is 18.1. The van der Waals surface area contributed by atoms with Crippen molar-refractivity contribution in [2.45, 2.75) is 6.92 Å². The van der Waals surface area contributed by atoms with Crippen LogP contribution in [0.2, 0.25) is 5.15 Å². The van der Waals surface area contributed by atoms with Gasteiger partial charge in [0.25, 0.3) is 5.91 Å². The molecular weight excluding hydrogens is 360 g/mol. The minimum absolute atomic E-state index is 0.224. The van der Waals surface area contributed by atoms with Crippen LogP contribution in [0.5, 0.6) is 5.75 Å². The molecule has 0 bridgehead atoms. The Labute approximate surface area is 152 Å². The van der Waals surface area contributed by atoms with Gasteiger partial charge in [0.2, 0.25) is 0 Å². The zero-order chi connectivity index (χ0) is 17.6. The largest absolute Gasteiger partial charge is 0.493 e. The molecule has 6 nitrogen and oxygen atoms in total. The molecule has 0 fully saturated rings. The van der Waals surface area contributed by atoms with Gasteiger partial charge in [-0.3, -0.25) is 4.79 Å². The Morgan fingerprint density at radius 2 is 2.16 bits per heavy atom. The van der Waals surface area contributed by atoms with Crippen molar-refractivity contribution < 1.29 is 9.53 Å². The van der Waals surface area contributed by atoms with Crippen molar-refractivity contribution in [3.8, 4) is 5.75 Å². The van der Waals surface area contributed by atoms with Crippen LogP contribution < -0.4 is 10.1 Å². The molecule has 25 heavy (non-hydrogen) atoms. The maximum Gasteiger partial charge on any atom is 0.265 e. The lowest BCUT2D eigenvalue weighted by molar-refractivity contribution is 0.103. The summed E-state index contributed by atoms with van der Waals surface area (Å²) in [6, 6.07) is 9.11. The number of ether oxygens (including phenoxy) is 1. The predicted octanol–water partition coefficient (Wildman–Crippen LogP) is 4.17. The molecule has 0 saturated heterocycles. The number of aromatic nitrogens is 3. The number of carbonyl (C=O) groups excluding carboxylic acids is 1. The lowest BCUT2D eigenvalue weighted by Crippen LogP contribution is -2.11. The summed E-state index contributed by atoms with van der Waals surface area (Å²) in [6.45, 7) is 1.91. The second kappa shape index (κ2) is 6.02. The van der Waals surface area contributed by atoms with Gasteiger partial charge in [-0.15, -0.1) is 11.3 Å². The minimum Gasteiger partial charge on any atom is -0.493 e. The van der Waals surface area contributed by atoms with Crippen LogP contribution in [0.25, 0.3) is 15.7 Å². The highest BCUT2D eigenvalue weighted by molar-refractivity contribution is 7.20. The summed E-state index contributed by atoms with van der Waals surface area (Å²) in [7, 11) is 1.55. The van der Waals surface area contributed by atoms with Crippen LogP contribution in [-0.4, -0.2) is 27.6 Å². The molecule has 1 N–H and O–H groups in total. The monoisotopic (exact) mass is 372 g/mol. The number of amides is 1. The molecule has 0 saturated carbocycles. The average molecular weight is 373 g/mol. The van der Waals surface area contributed by atoms with Gasteiger partial charge in [-0.1, -0.05) is 11.6 Å². The number of aryl methyl sites for hydroxylation is 1. The topological polar surface area (TPSA) is 68.5 Å². The quantitative estimate of drug-likeness (QED) is 0.548. The second-order valence-corrected chi connectivity index (χ2v) is 6.92. The molecule has 4 aromatic heterocycles. The van der Waals surface area contributed by atoms with Crippen molar-refractivity contribution in [2.24, 2.45) is 0 Å². The van der Waals surface area contributed by atoms with Gasteiger partial charge in [0.15, 0.2) is 5.75 Å². The molecule has 0 aliphatic rings. The van der Waals surface area contributed by atoms with Gasteiger partial charge in [-0.05, 0) is 37.3 Å². The molecule has 0 aromatic carbocycles. The number of methoxy groups -OCH3 is 1. The third-order valence-electron chi connectivity index (χ3n) is 3.72. The fraction of sp³-hybridized carbons (Fsp3) is 0.118. The van der Waals surface area contributed by atoms with Gasteiger partial charge < -0.3 is 10.1 Å². The normalized spacial score (nSPS) is 11.2. The van der Waals surface area contributed by atoms with E-state index in [-0.39, 0.29) is 5.91 Å². The third-order valence-corrected chi connectivity index (χ3v) is 4.98. The van der Waals surface area contributed by atoms with E-state index in [1.165, 1.54) is 11.3 Å². The molecule has 0 unspecified atom stereocenters. The zero-order valence-corrected chi connectivity index (χ0v) is 15.0. The van der Waals surface area contributed by atoms with E-state index in [4.69, 9.17) is 16.3 Å². The Hall–Kier alpha value is -2.64. The number of hydrogen-bond donors (Lipinski definition) is 1. The maximum absolute atomic E-state index is 12.6. The van der Waals surface area contributed by atoms with E-state index in [2.05, 4.69) is 15.4 Å². The first-order chi connectivity index (χ1) is 12.0. The lowest BCUT2D eigenvalue weighted by Gasteiger charge is -2.10. The number of nitrogens with zero attached hydrogens (tertiary/aromatic N) is 3. The van der Waals surface area contributed by atoms with Gasteiger partial charge in [0, 0.05) is 5.39 Å². The van der Waals surface area contributed by atoms with Gasteiger partial charge in [0.05, 0.1) is 35.1 Å². The van der Waals surface area contributed by atoms with E-state index < -0.39 is 0 Å². The van der Waals surface area contributed by atoms with E-state index >= 15 is 0 Å². The van der Waals surface area contributed by atoms with E-state index in [0.717, 1.165) is 21.4 Å². The van der Waals surface area contributed by atoms with Gasteiger partial charge in [-0.2, -0.15) is 5.10 Å². The summed E-state index contributed by atoms with van der Waals surface area (Å²) < 4.78 is 7.09. The predicted molar refractivity (Wildman–Crippen MR) is 99.1 cm³/mol. The van der Waals surface area contributed by atoms with Crippen molar-refractivity contribution in [2.75, 3.05) is 12.4 Å². The Balaban J connectivity index is 1.70. The fourth-order valence-electron chi connectivity index (χ4n) is 2.60. The number of hydrogen-bond acceptors (Lipinski definition) is 5. The first-order valence-corrected chi connectivity index (χ1v) is 8.64. The number of thiophene rings is 1. The molecule has 1 amide bonds. The Morgan fingerprint density at radius 3 is 2.96 bits per heavy atom.